The zero-order valence-electron chi connectivity index (χ0n) is 10.8. The second-order valence-electron chi connectivity index (χ2n) is 4.72. The third-order valence-electron chi connectivity index (χ3n) is 3.33. The SMILES string of the molecule is O=C(NCC1Cc2ccccc2CO1)c1ccc(Br)o1. The summed E-state index contributed by atoms with van der Waals surface area (Å²) in [4.78, 5) is 11.9. The first-order valence-electron chi connectivity index (χ1n) is 6.44. The summed E-state index contributed by atoms with van der Waals surface area (Å²) in [6.45, 7) is 1.08. The molecule has 1 atom stereocenters. The number of furan rings is 1. The van der Waals surface area contributed by atoms with Crippen LogP contribution >= 0.6 is 15.9 Å². The van der Waals surface area contributed by atoms with Crippen molar-refractivity contribution in [3.05, 3.63) is 58.0 Å². The van der Waals surface area contributed by atoms with E-state index in [1.54, 1.807) is 12.1 Å². The molecule has 1 unspecified atom stereocenters. The minimum absolute atomic E-state index is 0.00672. The van der Waals surface area contributed by atoms with Crippen LogP contribution in [0.25, 0.3) is 0 Å². The molecular formula is C15H14BrNO3. The number of amides is 1. The lowest BCUT2D eigenvalue weighted by molar-refractivity contribution is 0.0282. The summed E-state index contributed by atoms with van der Waals surface area (Å²) in [5, 5.41) is 2.83. The van der Waals surface area contributed by atoms with Gasteiger partial charge >= 0.3 is 0 Å². The molecule has 0 aliphatic carbocycles. The summed E-state index contributed by atoms with van der Waals surface area (Å²) in [5.74, 6) is 0.0752. The van der Waals surface area contributed by atoms with Crippen LogP contribution in [0.3, 0.4) is 0 Å². The first-order valence-corrected chi connectivity index (χ1v) is 7.23. The Labute approximate surface area is 125 Å². The molecule has 3 rings (SSSR count). The van der Waals surface area contributed by atoms with Crippen molar-refractivity contribution in [1.29, 1.82) is 0 Å². The first-order chi connectivity index (χ1) is 9.72. The van der Waals surface area contributed by atoms with Crippen LogP contribution in [0.1, 0.15) is 21.7 Å². The number of carbonyl (C=O) groups is 1. The van der Waals surface area contributed by atoms with Gasteiger partial charge in [-0.3, -0.25) is 4.79 Å². The molecule has 1 N–H and O–H groups in total. The summed E-state index contributed by atoms with van der Waals surface area (Å²) in [6.07, 6.45) is 0.824. The monoisotopic (exact) mass is 335 g/mol. The number of carbonyl (C=O) groups excluding carboxylic acids is 1. The zero-order chi connectivity index (χ0) is 13.9. The molecule has 1 aromatic carbocycles. The average Bonchev–Trinajstić information content (AvgIpc) is 2.91. The average molecular weight is 336 g/mol. The van der Waals surface area contributed by atoms with Gasteiger partial charge in [0.15, 0.2) is 10.4 Å². The van der Waals surface area contributed by atoms with Crippen LogP contribution in [-0.2, 0) is 17.8 Å². The van der Waals surface area contributed by atoms with E-state index in [0.717, 1.165) is 6.42 Å². The Morgan fingerprint density at radius 3 is 2.80 bits per heavy atom. The number of rotatable bonds is 3. The van der Waals surface area contributed by atoms with E-state index in [4.69, 9.17) is 9.15 Å². The van der Waals surface area contributed by atoms with Crippen LogP contribution in [0, 0.1) is 0 Å². The number of halogens is 1. The summed E-state index contributed by atoms with van der Waals surface area (Å²) >= 11 is 3.17. The van der Waals surface area contributed by atoms with Gasteiger partial charge in [0.1, 0.15) is 0 Å². The van der Waals surface area contributed by atoms with E-state index in [-0.39, 0.29) is 12.0 Å². The van der Waals surface area contributed by atoms with Crippen molar-refractivity contribution < 1.29 is 13.9 Å². The van der Waals surface area contributed by atoms with Crippen molar-refractivity contribution in [1.82, 2.24) is 5.32 Å². The lowest BCUT2D eigenvalue weighted by atomic mass is 9.99. The van der Waals surface area contributed by atoms with Crippen LogP contribution in [-0.4, -0.2) is 18.6 Å². The minimum atomic E-state index is -0.224. The largest absolute Gasteiger partial charge is 0.444 e. The van der Waals surface area contributed by atoms with E-state index in [2.05, 4.69) is 33.4 Å². The summed E-state index contributed by atoms with van der Waals surface area (Å²) in [6, 6.07) is 11.6. The maximum Gasteiger partial charge on any atom is 0.287 e. The molecular weight excluding hydrogens is 322 g/mol. The molecule has 4 nitrogen and oxygen atoms in total. The van der Waals surface area contributed by atoms with Gasteiger partial charge in [-0.25, -0.2) is 0 Å². The first kappa shape index (κ1) is 13.4. The highest BCUT2D eigenvalue weighted by atomic mass is 79.9. The lowest BCUT2D eigenvalue weighted by Gasteiger charge is -2.25. The fraction of sp³-hybridized carbons (Fsp3) is 0.267. The highest BCUT2D eigenvalue weighted by Crippen LogP contribution is 2.20. The predicted molar refractivity (Wildman–Crippen MR) is 77.5 cm³/mol. The highest BCUT2D eigenvalue weighted by Gasteiger charge is 2.20. The topological polar surface area (TPSA) is 51.5 Å². The smallest absolute Gasteiger partial charge is 0.287 e. The standard InChI is InChI=1S/C15H14BrNO3/c16-14-6-5-13(20-14)15(18)17-8-12-7-10-3-1-2-4-11(10)9-19-12/h1-6,12H,7-9H2,(H,17,18). The van der Waals surface area contributed by atoms with Gasteiger partial charge in [-0.05, 0) is 39.2 Å². The van der Waals surface area contributed by atoms with Crippen LogP contribution in [0.2, 0.25) is 0 Å². The predicted octanol–water partition coefficient (Wildman–Crippen LogP) is 2.91. The number of hydrogen-bond donors (Lipinski definition) is 1. The van der Waals surface area contributed by atoms with Crippen molar-refractivity contribution in [3.8, 4) is 0 Å². The second-order valence-corrected chi connectivity index (χ2v) is 5.50. The Hall–Kier alpha value is -1.59. The van der Waals surface area contributed by atoms with Gasteiger partial charge in [0, 0.05) is 13.0 Å². The number of nitrogens with one attached hydrogen (secondary N) is 1. The van der Waals surface area contributed by atoms with Gasteiger partial charge in [0.25, 0.3) is 5.91 Å². The van der Waals surface area contributed by atoms with Gasteiger partial charge < -0.3 is 14.5 Å². The Kier molecular flexibility index (Phi) is 3.89. The van der Waals surface area contributed by atoms with Crippen molar-refractivity contribution in [2.75, 3.05) is 6.54 Å². The van der Waals surface area contributed by atoms with Gasteiger partial charge in [0.2, 0.25) is 0 Å². The van der Waals surface area contributed by atoms with Crippen molar-refractivity contribution >= 4 is 21.8 Å². The van der Waals surface area contributed by atoms with E-state index >= 15 is 0 Å². The van der Waals surface area contributed by atoms with E-state index in [1.165, 1.54) is 11.1 Å². The number of hydrogen-bond acceptors (Lipinski definition) is 3. The Morgan fingerprint density at radius 2 is 2.05 bits per heavy atom. The molecule has 0 radical (unpaired) electrons. The fourth-order valence-electron chi connectivity index (χ4n) is 2.27. The van der Waals surface area contributed by atoms with Crippen LogP contribution in [0.4, 0.5) is 0 Å². The molecule has 0 bridgehead atoms. The quantitative estimate of drug-likeness (QED) is 0.938. The van der Waals surface area contributed by atoms with Gasteiger partial charge in [-0.2, -0.15) is 0 Å². The molecule has 5 heteroatoms. The molecule has 104 valence electrons. The summed E-state index contributed by atoms with van der Waals surface area (Å²) in [7, 11) is 0. The number of benzene rings is 1. The molecule has 0 saturated heterocycles. The van der Waals surface area contributed by atoms with Gasteiger partial charge in [-0.1, -0.05) is 24.3 Å². The third-order valence-corrected chi connectivity index (χ3v) is 3.75. The normalized spacial score (nSPS) is 17.6. The molecule has 1 aromatic heterocycles. The molecule has 1 aliphatic heterocycles. The maximum atomic E-state index is 11.9. The number of fused-ring (bicyclic) bond motifs is 1. The molecule has 20 heavy (non-hydrogen) atoms. The second kappa shape index (κ2) is 5.81. The Morgan fingerprint density at radius 1 is 1.25 bits per heavy atom. The Balaban J connectivity index is 1.56. The van der Waals surface area contributed by atoms with Crippen LogP contribution in [0.15, 0.2) is 45.5 Å². The maximum absolute atomic E-state index is 11.9. The summed E-state index contributed by atoms with van der Waals surface area (Å²) in [5.41, 5.74) is 2.52. The molecule has 0 saturated carbocycles. The molecule has 2 aromatic rings. The molecule has 2 heterocycles. The van der Waals surface area contributed by atoms with Crippen molar-refractivity contribution in [2.45, 2.75) is 19.1 Å². The fourth-order valence-corrected chi connectivity index (χ4v) is 2.58. The van der Waals surface area contributed by atoms with E-state index in [9.17, 15) is 4.79 Å². The van der Waals surface area contributed by atoms with E-state index in [0.29, 0.717) is 23.6 Å². The number of ether oxygens (including phenoxy) is 1. The van der Waals surface area contributed by atoms with Crippen LogP contribution in [0.5, 0.6) is 0 Å². The minimum Gasteiger partial charge on any atom is -0.444 e. The van der Waals surface area contributed by atoms with Crippen molar-refractivity contribution in [3.63, 3.8) is 0 Å². The Bertz CT molecular complexity index is 623. The molecule has 0 fully saturated rings. The molecule has 1 aliphatic rings. The molecule has 1 amide bonds. The zero-order valence-corrected chi connectivity index (χ0v) is 12.4. The third kappa shape index (κ3) is 2.94. The highest BCUT2D eigenvalue weighted by molar-refractivity contribution is 9.10. The van der Waals surface area contributed by atoms with E-state index in [1.807, 2.05) is 12.1 Å². The van der Waals surface area contributed by atoms with Crippen molar-refractivity contribution in [2.24, 2.45) is 0 Å². The van der Waals surface area contributed by atoms with Gasteiger partial charge in [0.05, 0.1) is 12.7 Å². The molecule has 0 spiro atoms. The van der Waals surface area contributed by atoms with Crippen LogP contribution < -0.4 is 5.32 Å². The lowest BCUT2D eigenvalue weighted by Crippen LogP contribution is -2.36. The summed E-state index contributed by atoms with van der Waals surface area (Å²) < 4.78 is 11.5. The van der Waals surface area contributed by atoms with E-state index < -0.39 is 0 Å². The van der Waals surface area contributed by atoms with Gasteiger partial charge in [-0.15, -0.1) is 0 Å².